The minimum atomic E-state index is -0.794. The van der Waals surface area contributed by atoms with Crippen LogP contribution in [0, 0.1) is 18.6 Å². The monoisotopic (exact) mass is 479 g/mol. The predicted molar refractivity (Wildman–Crippen MR) is 123 cm³/mol. The fourth-order valence-electron chi connectivity index (χ4n) is 4.76. The highest BCUT2D eigenvalue weighted by Gasteiger charge is 2.30. The number of hydrogen-bond acceptors (Lipinski definition) is 5. The molecule has 1 saturated carbocycles. The van der Waals surface area contributed by atoms with E-state index in [1.165, 1.54) is 12.1 Å². The lowest BCUT2D eigenvalue weighted by molar-refractivity contribution is 0.00462. The summed E-state index contributed by atoms with van der Waals surface area (Å²) in [6.07, 6.45) is 7.55. The van der Waals surface area contributed by atoms with Crippen molar-refractivity contribution in [1.82, 2.24) is 24.7 Å². The Balaban J connectivity index is 1.42. The molecule has 1 aromatic carbocycles. The number of alkyl halides is 1. The van der Waals surface area contributed by atoms with Crippen molar-refractivity contribution in [3.8, 4) is 11.3 Å². The first-order chi connectivity index (χ1) is 17.0. The zero-order valence-corrected chi connectivity index (χ0v) is 19.2. The average Bonchev–Trinajstić information content (AvgIpc) is 3.59. The molecule has 0 radical (unpaired) electrons. The van der Waals surface area contributed by atoms with E-state index >= 15 is 0 Å². The van der Waals surface area contributed by atoms with Gasteiger partial charge in [-0.2, -0.15) is 5.10 Å². The van der Waals surface area contributed by atoms with E-state index in [1.54, 1.807) is 6.92 Å². The number of rotatable bonds is 5. The number of aromatic nitrogens is 5. The van der Waals surface area contributed by atoms with Crippen LogP contribution in [0.25, 0.3) is 22.3 Å². The molecule has 0 bridgehead atoms. The molecule has 4 aromatic rings. The lowest BCUT2D eigenvalue weighted by Gasteiger charge is -2.29. The van der Waals surface area contributed by atoms with Gasteiger partial charge in [-0.3, -0.25) is 4.68 Å². The van der Waals surface area contributed by atoms with Gasteiger partial charge in [-0.15, -0.1) is 0 Å². The maximum absolute atomic E-state index is 14.8. The summed E-state index contributed by atoms with van der Waals surface area (Å²) in [6, 6.07) is 5.68. The van der Waals surface area contributed by atoms with Crippen LogP contribution in [0.1, 0.15) is 66.4 Å². The molecule has 9 heteroatoms. The zero-order valence-electron chi connectivity index (χ0n) is 19.2. The lowest BCUT2D eigenvalue weighted by Crippen LogP contribution is -2.19. The van der Waals surface area contributed by atoms with Gasteiger partial charge in [-0.1, -0.05) is 0 Å². The number of aryl methyl sites for hydroxylation is 1. The maximum Gasteiger partial charge on any atom is 0.135 e. The number of pyridine rings is 1. The van der Waals surface area contributed by atoms with Gasteiger partial charge in [0, 0.05) is 41.6 Å². The third-order valence-corrected chi connectivity index (χ3v) is 6.87. The van der Waals surface area contributed by atoms with Crippen molar-refractivity contribution in [2.24, 2.45) is 0 Å². The van der Waals surface area contributed by atoms with Gasteiger partial charge in [-0.25, -0.2) is 28.1 Å². The Bertz CT molecular complexity index is 1420. The minimum Gasteiger partial charge on any atom is -0.373 e. The Hall–Kier alpha value is -3.33. The summed E-state index contributed by atoms with van der Waals surface area (Å²) in [5, 5.41) is 4.49. The highest BCUT2D eigenvalue weighted by Crippen LogP contribution is 2.40. The number of benzene rings is 1. The smallest absolute Gasteiger partial charge is 0.135 e. The molecule has 2 atom stereocenters. The first kappa shape index (κ1) is 22.2. The van der Waals surface area contributed by atoms with E-state index in [0.717, 1.165) is 36.6 Å². The molecule has 1 aliphatic heterocycles. The summed E-state index contributed by atoms with van der Waals surface area (Å²) in [5.41, 5.74) is 3.57. The van der Waals surface area contributed by atoms with E-state index in [9.17, 15) is 13.2 Å². The largest absolute Gasteiger partial charge is 0.373 e. The Morgan fingerprint density at radius 3 is 2.71 bits per heavy atom. The molecule has 0 unspecified atom stereocenters. The molecule has 180 valence electrons. The molecule has 0 amide bonds. The van der Waals surface area contributed by atoms with Crippen molar-refractivity contribution in [2.45, 2.75) is 57.3 Å². The molecule has 1 saturated heterocycles. The van der Waals surface area contributed by atoms with E-state index in [1.807, 2.05) is 16.9 Å². The third-order valence-electron chi connectivity index (χ3n) is 6.87. The fourth-order valence-corrected chi connectivity index (χ4v) is 4.76. The second-order valence-corrected chi connectivity index (χ2v) is 9.34. The maximum atomic E-state index is 14.8. The van der Waals surface area contributed by atoms with E-state index in [4.69, 9.17) is 9.72 Å². The van der Waals surface area contributed by atoms with Gasteiger partial charge in [0.2, 0.25) is 0 Å². The second-order valence-electron chi connectivity index (χ2n) is 9.34. The van der Waals surface area contributed by atoms with Gasteiger partial charge in [0.05, 0.1) is 35.2 Å². The predicted octanol–water partition coefficient (Wildman–Crippen LogP) is 5.91. The van der Waals surface area contributed by atoms with Crippen molar-refractivity contribution in [3.63, 3.8) is 0 Å². The summed E-state index contributed by atoms with van der Waals surface area (Å²) in [7, 11) is 0. The van der Waals surface area contributed by atoms with Crippen LogP contribution in [0.15, 0.2) is 36.7 Å². The summed E-state index contributed by atoms with van der Waals surface area (Å²) in [4.78, 5) is 13.8. The normalized spacial score (nSPS) is 20.5. The average molecular weight is 480 g/mol. The summed E-state index contributed by atoms with van der Waals surface area (Å²) < 4.78 is 50.1. The van der Waals surface area contributed by atoms with E-state index < -0.39 is 18.3 Å². The zero-order chi connectivity index (χ0) is 24.1. The Labute approximate surface area is 200 Å². The lowest BCUT2D eigenvalue weighted by atomic mass is 9.89. The molecule has 1 aliphatic carbocycles. The number of halogens is 3. The molecule has 0 spiro atoms. The van der Waals surface area contributed by atoms with Crippen LogP contribution in [-0.4, -0.2) is 31.3 Å². The number of nitrogens with zero attached hydrogens (tertiary/aromatic N) is 5. The van der Waals surface area contributed by atoms with Crippen LogP contribution in [0.2, 0.25) is 0 Å². The molecular formula is C26H24F3N5O. The Kier molecular flexibility index (Phi) is 5.51. The van der Waals surface area contributed by atoms with Crippen LogP contribution in [-0.2, 0) is 11.4 Å². The van der Waals surface area contributed by atoms with Crippen LogP contribution in [0.5, 0.6) is 0 Å². The summed E-state index contributed by atoms with van der Waals surface area (Å²) in [6.45, 7) is 1.45. The molecule has 35 heavy (non-hydrogen) atoms. The molecule has 3 aromatic heterocycles. The molecule has 6 rings (SSSR count). The van der Waals surface area contributed by atoms with Crippen molar-refractivity contribution in [3.05, 3.63) is 70.9 Å². The number of fused-ring (bicyclic) bond motifs is 1. The van der Waals surface area contributed by atoms with Crippen molar-refractivity contribution < 1.29 is 17.9 Å². The second kappa shape index (κ2) is 8.71. The van der Waals surface area contributed by atoms with Gasteiger partial charge in [0.1, 0.15) is 29.5 Å². The Morgan fingerprint density at radius 2 is 1.94 bits per heavy atom. The third kappa shape index (κ3) is 4.18. The van der Waals surface area contributed by atoms with Crippen LogP contribution >= 0.6 is 0 Å². The quantitative estimate of drug-likeness (QED) is 0.356. The first-order valence-corrected chi connectivity index (χ1v) is 11.9. The number of hydrogen-bond donors (Lipinski definition) is 0. The fraction of sp³-hybridized carbons (Fsp3) is 0.385. The highest BCUT2D eigenvalue weighted by atomic mass is 19.1. The summed E-state index contributed by atoms with van der Waals surface area (Å²) >= 11 is 0. The molecule has 0 N–H and O–H groups in total. The van der Waals surface area contributed by atoms with Crippen molar-refractivity contribution >= 4 is 11.0 Å². The molecule has 2 fully saturated rings. The van der Waals surface area contributed by atoms with E-state index in [2.05, 4.69) is 21.3 Å². The SMILES string of the molecule is Cc1nc2cc([C@@H]3CCO[C@@H](c4cnn(C5CC5)c4)C3)nc(-c3ccc(F)cc3F)c2nc1CF. The summed E-state index contributed by atoms with van der Waals surface area (Å²) in [5.74, 6) is -1.40. The van der Waals surface area contributed by atoms with Crippen molar-refractivity contribution in [1.29, 1.82) is 0 Å². The number of ether oxygens (including phenoxy) is 1. The molecular weight excluding hydrogens is 455 g/mol. The van der Waals surface area contributed by atoms with Crippen LogP contribution in [0.3, 0.4) is 0 Å². The van der Waals surface area contributed by atoms with Crippen molar-refractivity contribution in [2.75, 3.05) is 6.61 Å². The molecule has 4 heterocycles. The van der Waals surface area contributed by atoms with E-state index in [-0.39, 0.29) is 29.0 Å². The van der Waals surface area contributed by atoms with E-state index in [0.29, 0.717) is 35.8 Å². The van der Waals surface area contributed by atoms with Gasteiger partial charge >= 0.3 is 0 Å². The first-order valence-electron chi connectivity index (χ1n) is 11.9. The topological polar surface area (TPSA) is 65.7 Å². The van der Waals surface area contributed by atoms with Gasteiger partial charge in [-0.05, 0) is 50.8 Å². The van der Waals surface area contributed by atoms with Gasteiger partial charge in [0.25, 0.3) is 0 Å². The van der Waals surface area contributed by atoms with Gasteiger partial charge < -0.3 is 4.74 Å². The molecule has 6 nitrogen and oxygen atoms in total. The Morgan fingerprint density at radius 1 is 1.09 bits per heavy atom. The van der Waals surface area contributed by atoms with Gasteiger partial charge in [0.15, 0.2) is 0 Å². The van der Waals surface area contributed by atoms with Crippen LogP contribution < -0.4 is 0 Å². The standard InChI is InChI=1S/C26H24F3N5O/c1-14-23(11-27)33-26-22(31-14)10-21(32-25(26)19-5-2-17(28)9-20(19)29)15-6-7-35-24(8-15)16-12-30-34(13-16)18-3-4-18/h2,5,9-10,12-13,15,18,24H,3-4,6-8,11H2,1H3/t15-,24-/m1/s1. The minimum absolute atomic E-state index is 0.0349. The molecule has 2 aliphatic rings. The highest BCUT2D eigenvalue weighted by molar-refractivity contribution is 5.89. The van der Waals surface area contributed by atoms with Crippen LogP contribution in [0.4, 0.5) is 13.2 Å².